The number of rotatable bonds is 3. The summed E-state index contributed by atoms with van der Waals surface area (Å²) < 4.78 is 0. The predicted molar refractivity (Wildman–Crippen MR) is 52.2 cm³/mol. The van der Waals surface area contributed by atoms with Gasteiger partial charge in [-0.25, -0.2) is 0 Å². The molecule has 1 aromatic rings. The maximum absolute atomic E-state index is 10.5. The zero-order valence-electron chi connectivity index (χ0n) is 7.93. The number of hydrogen-bond acceptors (Lipinski definition) is 5. The first-order valence-corrected chi connectivity index (χ1v) is 4.16. The van der Waals surface area contributed by atoms with E-state index in [0.717, 1.165) is 12.1 Å². The molecule has 0 heterocycles. The fourth-order valence-corrected chi connectivity index (χ4v) is 0.976. The second-order valence-electron chi connectivity index (χ2n) is 3.06. The first kappa shape index (κ1) is 11.0. The van der Waals surface area contributed by atoms with Crippen molar-refractivity contribution in [2.75, 3.05) is 5.32 Å². The minimum Gasteiger partial charge on any atom is -0.506 e. The summed E-state index contributed by atoms with van der Waals surface area (Å²) >= 11 is 0. The third kappa shape index (κ3) is 2.43. The Hall–Kier alpha value is -2.11. The summed E-state index contributed by atoms with van der Waals surface area (Å²) in [4.78, 5) is 10.5. The molecule has 0 aromatic heterocycles. The molecule has 0 bridgehead atoms. The van der Waals surface area contributed by atoms with Gasteiger partial charge in [0, 0.05) is 12.1 Å². The Kier molecular flexibility index (Phi) is 2.89. The standard InChI is InChI=1S/C9H11NO5/c1-4(9(14)15)10-5-2-7(12)8(13)3-6(5)11/h2-4,10-13H,1H3,(H,14,15)/t4-/m0/s1. The molecular formula is C9H11NO5. The van der Waals surface area contributed by atoms with E-state index in [-0.39, 0.29) is 11.4 Å². The van der Waals surface area contributed by atoms with Crippen LogP contribution in [0.25, 0.3) is 0 Å². The number of phenols is 3. The molecular weight excluding hydrogens is 202 g/mol. The van der Waals surface area contributed by atoms with Crippen LogP contribution in [0.3, 0.4) is 0 Å². The van der Waals surface area contributed by atoms with Gasteiger partial charge >= 0.3 is 5.97 Å². The molecule has 0 aliphatic heterocycles. The highest BCUT2D eigenvalue weighted by Crippen LogP contribution is 2.35. The van der Waals surface area contributed by atoms with Gasteiger partial charge in [-0.1, -0.05) is 0 Å². The minimum absolute atomic E-state index is 0.0419. The van der Waals surface area contributed by atoms with E-state index in [4.69, 9.17) is 15.3 Å². The Bertz CT molecular complexity index is 390. The molecule has 82 valence electrons. The van der Waals surface area contributed by atoms with Crippen LogP contribution < -0.4 is 5.32 Å². The van der Waals surface area contributed by atoms with E-state index in [1.165, 1.54) is 6.92 Å². The molecule has 0 radical (unpaired) electrons. The zero-order chi connectivity index (χ0) is 11.6. The zero-order valence-corrected chi connectivity index (χ0v) is 7.93. The van der Waals surface area contributed by atoms with Gasteiger partial charge in [-0.15, -0.1) is 0 Å². The first-order chi connectivity index (χ1) is 6.91. The van der Waals surface area contributed by atoms with E-state index < -0.39 is 23.5 Å². The maximum atomic E-state index is 10.5. The van der Waals surface area contributed by atoms with Crippen molar-refractivity contribution >= 4 is 11.7 Å². The number of phenolic OH excluding ortho intramolecular Hbond substituents is 3. The molecule has 6 heteroatoms. The summed E-state index contributed by atoms with van der Waals surface area (Å²) in [5.74, 6) is -2.34. The highest BCUT2D eigenvalue weighted by Gasteiger charge is 2.14. The van der Waals surface area contributed by atoms with Gasteiger partial charge in [0.2, 0.25) is 0 Å². The molecule has 1 atom stereocenters. The van der Waals surface area contributed by atoms with E-state index in [0.29, 0.717) is 0 Å². The molecule has 1 rings (SSSR count). The Morgan fingerprint density at radius 1 is 1.20 bits per heavy atom. The number of carboxylic acid groups (broad SMARTS) is 1. The SMILES string of the molecule is C[C@H](Nc1cc(O)c(O)cc1O)C(=O)O. The highest BCUT2D eigenvalue weighted by atomic mass is 16.4. The predicted octanol–water partition coefficient (Wildman–Crippen LogP) is 0.688. The second-order valence-corrected chi connectivity index (χ2v) is 3.06. The Balaban J connectivity index is 2.95. The van der Waals surface area contributed by atoms with Gasteiger partial charge < -0.3 is 25.7 Å². The summed E-state index contributed by atoms with van der Waals surface area (Å²) in [6.45, 7) is 1.38. The second kappa shape index (κ2) is 3.95. The lowest BCUT2D eigenvalue weighted by Gasteiger charge is -2.12. The third-order valence-corrected chi connectivity index (χ3v) is 1.84. The number of hydrogen-bond donors (Lipinski definition) is 5. The molecule has 0 aliphatic carbocycles. The van der Waals surface area contributed by atoms with Crippen molar-refractivity contribution in [2.24, 2.45) is 0 Å². The van der Waals surface area contributed by atoms with Crippen LogP contribution in [0.2, 0.25) is 0 Å². The van der Waals surface area contributed by atoms with E-state index in [1.807, 2.05) is 0 Å². The van der Waals surface area contributed by atoms with Crippen molar-refractivity contribution in [3.63, 3.8) is 0 Å². The van der Waals surface area contributed by atoms with Crippen molar-refractivity contribution in [1.29, 1.82) is 0 Å². The Morgan fingerprint density at radius 3 is 2.27 bits per heavy atom. The minimum atomic E-state index is -1.10. The van der Waals surface area contributed by atoms with Crippen LogP contribution >= 0.6 is 0 Å². The highest BCUT2D eigenvalue weighted by molar-refractivity contribution is 5.78. The lowest BCUT2D eigenvalue weighted by molar-refractivity contribution is -0.137. The van der Waals surface area contributed by atoms with Crippen molar-refractivity contribution < 1.29 is 25.2 Å². The monoisotopic (exact) mass is 213 g/mol. The number of benzene rings is 1. The number of carboxylic acids is 1. The summed E-state index contributed by atoms with van der Waals surface area (Å²) in [6, 6.07) is 1.05. The van der Waals surface area contributed by atoms with Crippen LogP contribution in [0.15, 0.2) is 12.1 Å². The normalized spacial score (nSPS) is 12.1. The summed E-state index contributed by atoms with van der Waals surface area (Å²) in [5.41, 5.74) is 0.0419. The van der Waals surface area contributed by atoms with Crippen LogP contribution in [-0.4, -0.2) is 32.4 Å². The van der Waals surface area contributed by atoms with Gasteiger partial charge in [0.25, 0.3) is 0 Å². The fraction of sp³-hybridized carbons (Fsp3) is 0.222. The maximum Gasteiger partial charge on any atom is 0.325 e. The molecule has 0 spiro atoms. The molecule has 0 fully saturated rings. The third-order valence-electron chi connectivity index (χ3n) is 1.84. The average molecular weight is 213 g/mol. The lowest BCUT2D eigenvalue weighted by atomic mass is 10.2. The molecule has 0 saturated heterocycles. The van der Waals surface area contributed by atoms with E-state index in [1.54, 1.807) is 0 Å². The number of aromatic hydroxyl groups is 3. The molecule has 15 heavy (non-hydrogen) atoms. The van der Waals surface area contributed by atoms with Crippen LogP contribution in [0.5, 0.6) is 17.2 Å². The van der Waals surface area contributed by atoms with Crippen molar-refractivity contribution in [3.05, 3.63) is 12.1 Å². The largest absolute Gasteiger partial charge is 0.506 e. The fourth-order valence-electron chi connectivity index (χ4n) is 0.976. The average Bonchev–Trinajstić information content (AvgIpc) is 2.13. The van der Waals surface area contributed by atoms with Gasteiger partial charge in [0.05, 0.1) is 5.69 Å². The number of nitrogens with one attached hydrogen (secondary N) is 1. The van der Waals surface area contributed by atoms with Crippen LogP contribution in [-0.2, 0) is 4.79 Å². The number of carbonyl (C=O) groups is 1. The number of aliphatic carboxylic acids is 1. The molecule has 6 nitrogen and oxygen atoms in total. The molecule has 0 saturated carbocycles. The van der Waals surface area contributed by atoms with Gasteiger partial charge in [0.1, 0.15) is 11.8 Å². The topological polar surface area (TPSA) is 110 Å². The van der Waals surface area contributed by atoms with Crippen LogP contribution in [0, 0.1) is 0 Å². The summed E-state index contributed by atoms with van der Waals surface area (Å²) in [5, 5.41) is 38.5. The lowest BCUT2D eigenvalue weighted by Crippen LogP contribution is -2.25. The Labute approximate surface area is 85.4 Å². The Morgan fingerprint density at radius 2 is 1.73 bits per heavy atom. The van der Waals surface area contributed by atoms with Crippen molar-refractivity contribution in [2.45, 2.75) is 13.0 Å². The van der Waals surface area contributed by atoms with Crippen molar-refractivity contribution in [3.8, 4) is 17.2 Å². The molecule has 0 amide bonds. The van der Waals surface area contributed by atoms with E-state index in [2.05, 4.69) is 5.32 Å². The van der Waals surface area contributed by atoms with Gasteiger partial charge in [-0.05, 0) is 6.92 Å². The van der Waals surface area contributed by atoms with Crippen LogP contribution in [0.4, 0.5) is 5.69 Å². The van der Waals surface area contributed by atoms with E-state index in [9.17, 15) is 9.90 Å². The van der Waals surface area contributed by atoms with Gasteiger partial charge in [-0.3, -0.25) is 4.79 Å². The molecule has 0 unspecified atom stereocenters. The smallest absolute Gasteiger partial charge is 0.325 e. The summed E-state index contributed by atoms with van der Waals surface area (Å²) in [6.07, 6.45) is 0. The molecule has 1 aromatic carbocycles. The molecule has 0 aliphatic rings. The van der Waals surface area contributed by atoms with Gasteiger partial charge in [-0.2, -0.15) is 0 Å². The van der Waals surface area contributed by atoms with Gasteiger partial charge in [0.15, 0.2) is 11.5 Å². The quantitative estimate of drug-likeness (QED) is 0.373. The van der Waals surface area contributed by atoms with Crippen LogP contribution in [0.1, 0.15) is 6.92 Å². The van der Waals surface area contributed by atoms with Crippen molar-refractivity contribution in [1.82, 2.24) is 0 Å². The van der Waals surface area contributed by atoms with E-state index >= 15 is 0 Å². The summed E-state index contributed by atoms with van der Waals surface area (Å²) in [7, 11) is 0. The first-order valence-electron chi connectivity index (χ1n) is 4.16. The number of anilines is 1. The molecule has 5 N–H and O–H groups in total.